The van der Waals surface area contributed by atoms with E-state index >= 15 is 0 Å². The summed E-state index contributed by atoms with van der Waals surface area (Å²) in [6, 6.07) is 13.1. The van der Waals surface area contributed by atoms with Gasteiger partial charge < -0.3 is 5.11 Å². The third-order valence-electron chi connectivity index (χ3n) is 4.93. The maximum atomic E-state index is 11.8. The van der Waals surface area contributed by atoms with E-state index in [4.69, 9.17) is 0 Å². The molecule has 4 aromatic carbocycles. The predicted molar refractivity (Wildman–Crippen MR) is 122 cm³/mol. The average molecular weight is 523 g/mol. The second-order valence-corrected chi connectivity index (χ2v) is 10.8. The third-order valence-corrected chi connectivity index (χ3v) is 7.43. The van der Waals surface area contributed by atoms with Crippen molar-refractivity contribution < 1.29 is 39.5 Å². The summed E-state index contributed by atoms with van der Waals surface area (Å²) in [5.41, 5.74) is -0.217. The van der Waals surface area contributed by atoms with Crippen LogP contribution in [0, 0.1) is 0 Å². The van der Waals surface area contributed by atoms with Gasteiger partial charge in [-0.3, -0.25) is 9.11 Å². The van der Waals surface area contributed by atoms with E-state index in [-0.39, 0.29) is 21.4 Å². The molecule has 34 heavy (non-hydrogen) atoms. The third kappa shape index (κ3) is 4.36. The molecule has 14 heteroatoms. The van der Waals surface area contributed by atoms with Gasteiger partial charge in [0.05, 0.1) is 15.5 Å². The first-order valence-corrected chi connectivity index (χ1v) is 13.3. The Morgan fingerprint density at radius 1 is 0.735 bits per heavy atom. The predicted octanol–water partition coefficient (Wildman–Crippen LogP) is 3.58. The van der Waals surface area contributed by atoms with Gasteiger partial charge >= 0.3 is 0 Å². The summed E-state index contributed by atoms with van der Waals surface area (Å²) in [6.45, 7) is 0. The number of benzene rings is 4. The lowest BCUT2D eigenvalue weighted by Gasteiger charge is -2.10. The van der Waals surface area contributed by atoms with Crippen molar-refractivity contribution >= 4 is 63.9 Å². The minimum Gasteiger partial charge on any atom is -0.504 e. The molecule has 11 nitrogen and oxygen atoms in total. The molecule has 0 fully saturated rings. The molecule has 3 N–H and O–H groups in total. The number of phenols is 1. The summed E-state index contributed by atoms with van der Waals surface area (Å²) in [6.07, 6.45) is 0. The summed E-state index contributed by atoms with van der Waals surface area (Å²) in [5.74, 6) is -0.943. The number of azo groups is 1. The molecular formula is C20H14N2O9S3. The number of hydrogen-bond acceptors (Lipinski definition) is 9. The topological polar surface area (TPSA) is 188 Å². The van der Waals surface area contributed by atoms with Gasteiger partial charge in [-0.25, -0.2) is 8.42 Å². The summed E-state index contributed by atoms with van der Waals surface area (Å²) in [5, 5.41) is 19.2. The van der Waals surface area contributed by atoms with Gasteiger partial charge in [0.25, 0.3) is 20.2 Å². The summed E-state index contributed by atoms with van der Waals surface area (Å²) < 4.78 is 88.4. The molecule has 0 saturated carbocycles. The maximum Gasteiger partial charge on any atom is 0.298 e. The molecule has 0 atom stereocenters. The van der Waals surface area contributed by atoms with Crippen LogP contribution in [-0.4, -0.2) is 39.5 Å². The van der Waals surface area contributed by atoms with Gasteiger partial charge in [-0.05, 0) is 35.7 Å². The van der Waals surface area contributed by atoms with Crippen LogP contribution in [0.25, 0.3) is 21.5 Å². The first-order chi connectivity index (χ1) is 15.9. The highest BCUT2D eigenvalue weighted by Gasteiger charge is 2.23. The highest BCUT2D eigenvalue weighted by Crippen LogP contribution is 2.42. The Kier molecular flexibility index (Phi) is 5.87. The average Bonchev–Trinajstić information content (AvgIpc) is 2.76. The van der Waals surface area contributed by atoms with Gasteiger partial charge in [0.15, 0.2) is 16.5 Å². The van der Waals surface area contributed by atoms with Crippen molar-refractivity contribution in [3.63, 3.8) is 0 Å². The van der Waals surface area contributed by atoms with Crippen molar-refractivity contribution in [1.82, 2.24) is 0 Å². The van der Waals surface area contributed by atoms with Gasteiger partial charge in [-0.15, -0.1) is 10.2 Å². The molecular weight excluding hydrogens is 508 g/mol. The number of phenolic OH excluding ortho intramolecular Hbond substituents is 1. The fourth-order valence-corrected chi connectivity index (χ4v) is 5.13. The molecule has 0 aliphatic carbocycles. The van der Waals surface area contributed by atoms with Crippen LogP contribution in [-0.2, 0) is 30.9 Å². The van der Waals surface area contributed by atoms with Crippen molar-refractivity contribution in [2.45, 2.75) is 14.7 Å². The Morgan fingerprint density at radius 3 is 2.03 bits per heavy atom. The van der Waals surface area contributed by atoms with Crippen molar-refractivity contribution in [2.24, 2.45) is 10.2 Å². The molecule has 0 radical (unpaired) electrons. The van der Waals surface area contributed by atoms with Crippen LogP contribution in [0.2, 0.25) is 0 Å². The van der Waals surface area contributed by atoms with Gasteiger partial charge in [0.2, 0.25) is 0 Å². The zero-order chi connectivity index (χ0) is 24.8. The van der Waals surface area contributed by atoms with Gasteiger partial charge in [-0.2, -0.15) is 16.8 Å². The lowest BCUT2D eigenvalue weighted by molar-refractivity contribution is 0.445. The van der Waals surface area contributed by atoms with Crippen molar-refractivity contribution in [3.8, 4) is 5.75 Å². The van der Waals surface area contributed by atoms with E-state index in [1.165, 1.54) is 18.2 Å². The second-order valence-electron chi connectivity index (χ2n) is 7.01. The molecule has 0 saturated heterocycles. The Morgan fingerprint density at radius 2 is 1.41 bits per heavy atom. The zero-order valence-electron chi connectivity index (χ0n) is 16.7. The number of fused-ring (bicyclic) bond motifs is 2. The second kappa shape index (κ2) is 8.41. The lowest BCUT2D eigenvalue weighted by atomic mass is 10.1. The van der Waals surface area contributed by atoms with Crippen molar-refractivity contribution in [2.75, 3.05) is 0 Å². The first-order valence-electron chi connectivity index (χ1n) is 9.20. The number of thiol groups is 1. The van der Waals surface area contributed by atoms with Gasteiger partial charge in [0, 0.05) is 16.2 Å². The fourth-order valence-electron chi connectivity index (χ4n) is 3.41. The van der Waals surface area contributed by atoms with E-state index in [1.807, 2.05) is 0 Å². The molecule has 0 heterocycles. The smallest absolute Gasteiger partial charge is 0.298 e. The zero-order valence-corrected chi connectivity index (χ0v) is 19.3. The van der Waals surface area contributed by atoms with E-state index in [1.54, 1.807) is 24.3 Å². The largest absolute Gasteiger partial charge is 0.504 e. The standard InChI is InChI=1S/C20H14N2O9S3/c23-20-18(34(29,30)31)10-11-9-12(33(26,27)28)5-6-13(11)19(20)22-21-16-7-8-17(32(24)25)15-4-2-1-3-14(15)16/h1-10,23,32H,(H,26,27,28)(H,29,30,31). The molecule has 0 spiro atoms. The minimum atomic E-state index is -4.96. The molecule has 0 aliphatic heterocycles. The van der Waals surface area contributed by atoms with Crippen molar-refractivity contribution in [3.05, 3.63) is 60.7 Å². The quantitative estimate of drug-likeness (QED) is 0.172. The number of aromatic hydroxyl groups is 1. The molecule has 0 unspecified atom stereocenters. The Hall–Kier alpha value is -3.43. The molecule has 176 valence electrons. The van der Waals surface area contributed by atoms with Crippen LogP contribution in [0.3, 0.4) is 0 Å². The summed E-state index contributed by atoms with van der Waals surface area (Å²) >= 11 is 0. The van der Waals surface area contributed by atoms with Crippen LogP contribution >= 0.6 is 0 Å². The highest BCUT2D eigenvalue weighted by atomic mass is 32.2. The van der Waals surface area contributed by atoms with Gasteiger partial charge in [0.1, 0.15) is 10.6 Å². The number of rotatable bonds is 5. The van der Waals surface area contributed by atoms with Crippen LogP contribution in [0.15, 0.2) is 85.6 Å². The van der Waals surface area contributed by atoms with E-state index in [0.29, 0.717) is 10.8 Å². The van der Waals surface area contributed by atoms with Crippen LogP contribution in [0.4, 0.5) is 11.4 Å². The fraction of sp³-hybridized carbons (Fsp3) is 0. The lowest BCUT2D eigenvalue weighted by Crippen LogP contribution is -2.00. The highest BCUT2D eigenvalue weighted by molar-refractivity contribution is 7.86. The molecule has 4 rings (SSSR count). The first kappa shape index (κ1) is 23.7. The monoisotopic (exact) mass is 522 g/mol. The maximum absolute atomic E-state index is 11.8. The van der Waals surface area contributed by atoms with Crippen LogP contribution < -0.4 is 0 Å². The molecule has 4 aromatic rings. The van der Waals surface area contributed by atoms with E-state index < -0.39 is 52.2 Å². The Bertz CT molecular complexity index is 1800. The number of hydrogen-bond donors (Lipinski definition) is 4. The van der Waals surface area contributed by atoms with E-state index in [0.717, 1.165) is 18.2 Å². The molecule has 0 bridgehead atoms. The minimum absolute atomic E-state index is 0.0592. The molecule has 0 aromatic heterocycles. The summed E-state index contributed by atoms with van der Waals surface area (Å²) in [4.78, 5) is -1.45. The van der Waals surface area contributed by atoms with Gasteiger partial charge in [-0.1, -0.05) is 30.3 Å². The molecule has 0 amide bonds. The Balaban J connectivity index is 2.00. The molecule has 0 aliphatic rings. The van der Waals surface area contributed by atoms with E-state index in [2.05, 4.69) is 10.2 Å². The normalized spacial score (nSPS) is 12.8. The van der Waals surface area contributed by atoms with Crippen LogP contribution in [0.5, 0.6) is 5.75 Å². The number of nitrogens with zero attached hydrogens (tertiary/aromatic N) is 2. The van der Waals surface area contributed by atoms with Crippen molar-refractivity contribution in [1.29, 1.82) is 0 Å². The Labute approximate surface area is 194 Å². The van der Waals surface area contributed by atoms with E-state index in [9.17, 15) is 39.5 Å². The summed E-state index contributed by atoms with van der Waals surface area (Å²) in [7, 11) is -12.5. The SMILES string of the molecule is O=[SH](=O)c1ccc(N=Nc2c(O)c(S(=O)(=O)O)cc3cc(S(=O)(=O)O)ccc23)c2ccccc12. The van der Waals surface area contributed by atoms with Crippen LogP contribution in [0.1, 0.15) is 0 Å².